The summed E-state index contributed by atoms with van der Waals surface area (Å²) in [6.45, 7) is 11.4. The summed E-state index contributed by atoms with van der Waals surface area (Å²) in [4.78, 5) is 12.9. The van der Waals surface area contributed by atoms with Crippen LogP contribution >= 0.6 is 24.8 Å². The second-order valence-electron chi connectivity index (χ2n) is 11.1. The molecule has 1 saturated heterocycles. The maximum Gasteiger partial charge on any atom is 0.223 e. The van der Waals surface area contributed by atoms with E-state index in [2.05, 4.69) is 30.5 Å². The van der Waals surface area contributed by atoms with Gasteiger partial charge in [-0.3, -0.25) is 4.79 Å². The highest BCUT2D eigenvalue weighted by molar-refractivity contribution is 5.85. The summed E-state index contributed by atoms with van der Waals surface area (Å²) < 4.78 is 16.5. The number of carbonyl (C=O) groups excluding carboxylic acids is 1. The minimum absolute atomic E-state index is 0. The summed E-state index contributed by atoms with van der Waals surface area (Å²) in [6, 6.07) is 5.81. The molecule has 1 aromatic carbocycles. The Morgan fingerprint density at radius 2 is 1.82 bits per heavy atom. The Morgan fingerprint density at radius 3 is 2.38 bits per heavy atom. The van der Waals surface area contributed by atoms with Crippen LogP contribution in [-0.4, -0.2) is 69.7 Å². The third-order valence-corrected chi connectivity index (χ3v) is 7.53. The first kappa shape index (κ1) is 37.7. The molecule has 0 aromatic heterocycles. The molecule has 2 rings (SSSR count). The van der Waals surface area contributed by atoms with Gasteiger partial charge in [0.25, 0.3) is 0 Å². The SMILES string of the molecule is COCCCOc1cc(CC(CC(N)C(O)CC(C(=O)N[C@@H]2CCNC2)C(C)C)C(C)C)ccc1OC.Cl.Cl. The van der Waals surface area contributed by atoms with Crippen molar-refractivity contribution >= 4 is 30.7 Å². The van der Waals surface area contributed by atoms with E-state index in [4.69, 9.17) is 19.9 Å². The molecule has 228 valence electrons. The molecule has 1 amide bonds. The molecule has 0 saturated carbocycles. The van der Waals surface area contributed by atoms with Crippen molar-refractivity contribution in [2.24, 2.45) is 29.4 Å². The molecule has 1 aliphatic heterocycles. The lowest BCUT2D eigenvalue weighted by Crippen LogP contribution is -2.45. The number of carbonyl (C=O) groups is 1. The van der Waals surface area contributed by atoms with Gasteiger partial charge in [-0.15, -0.1) is 24.8 Å². The number of hydrogen-bond acceptors (Lipinski definition) is 7. The molecule has 1 heterocycles. The van der Waals surface area contributed by atoms with Crippen LogP contribution < -0.4 is 25.8 Å². The quantitative estimate of drug-likeness (QED) is 0.202. The van der Waals surface area contributed by atoms with E-state index in [-0.39, 0.29) is 54.5 Å². The van der Waals surface area contributed by atoms with Crippen molar-refractivity contribution < 1.29 is 24.1 Å². The molecule has 0 spiro atoms. The van der Waals surface area contributed by atoms with Crippen LogP contribution in [0.1, 0.15) is 58.9 Å². The van der Waals surface area contributed by atoms with Gasteiger partial charge in [-0.1, -0.05) is 33.8 Å². The van der Waals surface area contributed by atoms with Crippen LogP contribution in [0.5, 0.6) is 11.5 Å². The highest BCUT2D eigenvalue weighted by atomic mass is 35.5. The van der Waals surface area contributed by atoms with Gasteiger partial charge < -0.3 is 35.7 Å². The number of nitrogens with two attached hydrogens (primary N) is 1. The fourth-order valence-corrected chi connectivity index (χ4v) is 4.95. The lowest BCUT2D eigenvalue weighted by Gasteiger charge is -2.30. The van der Waals surface area contributed by atoms with Crippen LogP contribution in [0.3, 0.4) is 0 Å². The molecule has 5 atom stereocenters. The first-order valence-corrected chi connectivity index (χ1v) is 13.9. The first-order chi connectivity index (χ1) is 17.7. The topological polar surface area (TPSA) is 115 Å². The zero-order valence-electron chi connectivity index (χ0n) is 24.6. The number of aliphatic hydroxyl groups is 1. The van der Waals surface area contributed by atoms with Crippen LogP contribution in [-0.2, 0) is 16.0 Å². The lowest BCUT2D eigenvalue weighted by molar-refractivity contribution is -0.128. The van der Waals surface area contributed by atoms with E-state index in [0.29, 0.717) is 37.7 Å². The van der Waals surface area contributed by atoms with E-state index < -0.39 is 12.1 Å². The second kappa shape index (κ2) is 19.7. The zero-order valence-corrected chi connectivity index (χ0v) is 26.2. The summed E-state index contributed by atoms with van der Waals surface area (Å²) in [5.41, 5.74) is 7.69. The van der Waals surface area contributed by atoms with Gasteiger partial charge in [-0.25, -0.2) is 0 Å². The molecule has 8 nitrogen and oxygen atoms in total. The molecule has 1 aromatic rings. The number of hydrogen-bond donors (Lipinski definition) is 4. The Morgan fingerprint density at radius 1 is 1.10 bits per heavy atom. The summed E-state index contributed by atoms with van der Waals surface area (Å²) in [6.07, 6.45) is 2.87. The molecule has 1 aliphatic rings. The largest absolute Gasteiger partial charge is 0.493 e. The van der Waals surface area contributed by atoms with Crippen LogP contribution in [0, 0.1) is 23.7 Å². The van der Waals surface area contributed by atoms with Gasteiger partial charge >= 0.3 is 0 Å². The Kier molecular flexibility index (Phi) is 19.1. The maximum atomic E-state index is 12.9. The lowest BCUT2D eigenvalue weighted by atomic mass is 9.80. The standard InChI is InChI=1S/C29H51N3O5.2ClH/c1-19(2)22(14-21-8-9-27(36-6)28(15-21)37-13-7-12-35-5)16-25(30)26(33)17-24(20(3)4)29(34)32-23-10-11-31-18-23;;/h8-9,15,19-20,22-26,31,33H,7,10-14,16-18,30H2,1-6H3,(H,32,34);2*1H/t22?,23-,24?,25?,26?;;/m1../s1. The van der Waals surface area contributed by atoms with Gasteiger partial charge in [0.15, 0.2) is 11.5 Å². The second-order valence-corrected chi connectivity index (χ2v) is 11.1. The fourth-order valence-electron chi connectivity index (χ4n) is 4.95. The van der Waals surface area contributed by atoms with Crippen molar-refractivity contribution in [3.63, 3.8) is 0 Å². The van der Waals surface area contributed by atoms with E-state index in [9.17, 15) is 9.90 Å². The number of methoxy groups -OCH3 is 2. The predicted octanol–water partition coefficient (Wildman–Crippen LogP) is 3.99. The minimum Gasteiger partial charge on any atom is -0.493 e. The Hall–Kier alpha value is -1.29. The van der Waals surface area contributed by atoms with Crippen LogP contribution in [0.4, 0.5) is 0 Å². The monoisotopic (exact) mass is 593 g/mol. The number of ether oxygens (including phenoxy) is 3. The van der Waals surface area contributed by atoms with E-state index >= 15 is 0 Å². The molecule has 5 N–H and O–H groups in total. The third kappa shape index (κ3) is 12.8. The van der Waals surface area contributed by atoms with Gasteiger partial charge in [0, 0.05) is 44.7 Å². The van der Waals surface area contributed by atoms with E-state index in [1.807, 2.05) is 26.0 Å². The zero-order chi connectivity index (χ0) is 27.4. The molecular formula is C29H53Cl2N3O5. The number of amides is 1. The van der Waals surface area contributed by atoms with Crippen molar-refractivity contribution in [2.45, 2.75) is 78.0 Å². The summed E-state index contributed by atoms with van der Waals surface area (Å²) in [5.74, 6) is 1.97. The van der Waals surface area contributed by atoms with Gasteiger partial charge in [-0.2, -0.15) is 0 Å². The normalized spacial score (nSPS) is 18.1. The number of aliphatic hydroxyl groups excluding tert-OH is 1. The van der Waals surface area contributed by atoms with Gasteiger partial charge in [0.2, 0.25) is 5.91 Å². The van der Waals surface area contributed by atoms with Crippen LogP contribution in [0.25, 0.3) is 0 Å². The summed E-state index contributed by atoms with van der Waals surface area (Å²) in [7, 11) is 3.32. The minimum atomic E-state index is -0.739. The van der Waals surface area contributed by atoms with Crippen LogP contribution in [0.2, 0.25) is 0 Å². The molecule has 39 heavy (non-hydrogen) atoms. The van der Waals surface area contributed by atoms with E-state index in [0.717, 1.165) is 43.7 Å². The van der Waals surface area contributed by atoms with Gasteiger partial charge in [0.05, 0.1) is 19.8 Å². The Labute approximate surface area is 248 Å². The van der Waals surface area contributed by atoms with Crippen molar-refractivity contribution in [3.05, 3.63) is 23.8 Å². The highest BCUT2D eigenvalue weighted by Crippen LogP contribution is 2.31. The average Bonchev–Trinajstić information content (AvgIpc) is 3.37. The molecule has 0 bridgehead atoms. The molecule has 4 unspecified atom stereocenters. The van der Waals surface area contributed by atoms with Crippen molar-refractivity contribution in [3.8, 4) is 11.5 Å². The molecule has 0 radical (unpaired) electrons. The number of halogens is 2. The highest BCUT2D eigenvalue weighted by Gasteiger charge is 2.31. The average molecular weight is 595 g/mol. The van der Waals surface area contributed by atoms with Crippen LogP contribution in [0.15, 0.2) is 18.2 Å². The van der Waals surface area contributed by atoms with Gasteiger partial charge in [-0.05, 0) is 67.7 Å². The van der Waals surface area contributed by atoms with Crippen molar-refractivity contribution in [1.29, 1.82) is 0 Å². The number of nitrogens with one attached hydrogen (secondary N) is 2. The molecule has 1 fully saturated rings. The smallest absolute Gasteiger partial charge is 0.223 e. The third-order valence-electron chi connectivity index (χ3n) is 7.53. The predicted molar refractivity (Wildman–Crippen MR) is 162 cm³/mol. The first-order valence-electron chi connectivity index (χ1n) is 13.9. The summed E-state index contributed by atoms with van der Waals surface area (Å²) >= 11 is 0. The van der Waals surface area contributed by atoms with Crippen molar-refractivity contribution in [1.82, 2.24) is 10.6 Å². The maximum absolute atomic E-state index is 12.9. The molecule has 10 heteroatoms. The van der Waals surface area contributed by atoms with E-state index in [1.54, 1.807) is 14.2 Å². The Balaban J connectivity index is 0.00000722. The van der Waals surface area contributed by atoms with Gasteiger partial charge in [0.1, 0.15) is 0 Å². The van der Waals surface area contributed by atoms with Crippen molar-refractivity contribution in [2.75, 3.05) is 40.5 Å². The fraction of sp³-hybridized carbons (Fsp3) is 0.759. The molecular weight excluding hydrogens is 541 g/mol. The Bertz CT molecular complexity index is 809. The molecule has 0 aliphatic carbocycles. The summed E-state index contributed by atoms with van der Waals surface area (Å²) in [5, 5.41) is 17.5. The number of rotatable bonds is 17. The number of benzene rings is 1. The van der Waals surface area contributed by atoms with E-state index in [1.165, 1.54) is 0 Å².